The predicted molar refractivity (Wildman–Crippen MR) is 62.9 cm³/mol. The van der Waals surface area contributed by atoms with E-state index in [9.17, 15) is 4.79 Å². The second kappa shape index (κ2) is 3.81. The van der Waals surface area contributed by atoms with Crippen LogP contribution >= 0.6 is 0 Å². The van der Waals surface area contributed by atoms with Crippen molar-refractivity contribution in [1.82, 2.24) is 4.90 Å². The molecule has 0 spiro atoms. The number of carbonyl (C=O) groups excluding carboxylic acids is 1. The van der Waals surface area contributed by atoms with Crippen LogP contribution in [0.3, 0.4) is 0 Å². The number of rotatable bonds is 2. The van der Waals surface area contributed by atoms with Crippen LogP contribution in [0.1, 0.15) is 41.3 Å². The molecule has 0 saturated carbocycles. The fourth-order valence-electron chi connectivity index (χ4n) is 2.13. The summed E-state index contributed by atoms with van der Waals surface area (Å²) in [5, 5.41) is 0. The highest BCUT2D eigenvalue weighted by atomic mass is 16.5. The summed E-state index contributed by atoms with van der Waals surface area (Å²) in [5.41, 5.74) is 3.06. The molecule has 0 bridgehead atoms. The van der Waals surface area contributed by atoms with E-state index in [-0.39, 0.29) is 5.91 Å². The molecule has 0 N–H and O–H groups in total. The van der Waals surface area contributed by atoms with Crippen molar-refractivity contribution < 1.29 is 9.53 Å². The Morgan fingerprint density at radius 2 is 2.06 bits per heavy atom. The number of hydrogen-bond acceptors (Lipinski definition) is 2. The Kier molecular flexibility index (Phi) is 2.62. The van der Waals surface area contributed by atoms with E-state index >= 15 is 0 Å². The van der Waals surface area contributed by atoms with Crippen LogP contribution in [-0.4, -0.2) is 25.0 Å². The summed E-state index contributed by atoms with van der Waals surface area (Å²) >= 11 is 0. The lowest BCUT2D eigenvalue weighted by molar-refractivity contribution is 0.0816. The first-order valence-electron chi connectivity index (χ1n) is 5.51. The molecule has 3 nitrogen and oxygen atoms in total. The molecule has 1 amide bonds. The topological polar surface area (TPSA) is 29.5 Å². The van der Waals surface area contributed by atoms with Crippen molar-refractivity contribution in [3.63, 3.8) is 0 Å². The van der Waals surface area contributed by atoms with Gasteiger partial charge in [-0.15, -0.1) is 0 Å². The van der Waals surface area contributed by atoms with Gasteiger partial charge in [-0.3, -0.25) is 4.79 Å². The van der Waals surface area contributed by atoms with Crippen LogP contribution in [0.4, 0.5) is 0 Å². The van der Waals surface area contributed by atoms with Crippen molar-refractivity contribution >= 4 is 5.91 Å². The highest BCUT2D eigenvalue weighted by Gasteiger charge is 2.26. The molecule has 0 saturated heterocycles. The second-order valence-electron chi connectivity index (χ2n) is 4.57. The first-order valence-corrected chi connectivity index (χ1v) is 5.51. The number of hydrogen-bond donors (Lipinski definition) is 0. The molecule has 16 heavy (non-hydrogen) atoms. The molecule has 3 heteroatoms. The number of methoxy groups -OCH3 is 1. The van der Waals surface area contributed by atoms with Crippen LogP contribution in [0.2, 0.25) is 0 Å². The minimum absolute atomic E-state index is 0.0867. The molecular formula is C13H17NO2. The Labute approximate surface area is 96.0 Å². The maximum atomic E-state index is 11.8. The lowest BCUT2D eigenvalue weighted by Gasteiger charge is -2.13. The monoisotopic (exact) mass is 219 g/mol. The van der Waals surface area contributed by atoms with Gasteiger partial charge >= 0.3 is 0 Å². The summed E-state index contributed by atoms with van der Waals surface area (Å²) < 4.78 is 5.34. The van der Waals surface area contributed by atoms with Gasteiger partial charge < -0.3 is 9.64 Å². The third kappa shape index (κ3) is 1.56. The Bertz CT molecular complexity index is 438. The second-order valence-corrected chi connectivity index (χ2v) is 4.57. The Balaban J connectivity index is 2.55. The average molecular weight is 219 g/mol. The van der Waals surface area contributed by atoms with Crippen LogP contribution in [-0.2, 0) is 6.54 Å². The van der Waals surface area contributed by atoms with Gasteiger partial charge in [0, 0.05) is 19.2 Å². The minimum Gasteiger partial charge on any atom is -0.496 e. The molecule has 1 aliphatic heterocycles. The van der Waals surface area contributed by atoms with Crippen molar-refractivity contribution in [2.24, 2.45) is 0 Å². The molecule has 2 rings (SSSR count). The molecule has 1 aliphatic rings. The molecule has 0 aromatic heterocycles. The fourth-order valence-corrected chi connectivity index (χ4v) is 2.13. The number of ether oxygens (including phenoxy) is 1. The van der Waals surface area contributed by atoms with Crippen LogP contribution < -0.4 is 4.74 Å². The first-order chi connectivity index (χ1) is 7.54. The molecule has 1 aromatic carbocycles. The van der Waals surface area contributed by atoms with Crippen molar-refractivity contribution in [1.29, 1.82) is 0 Å². The zero-order chi connectivity index (χ0) is 11.9. The Morgan fingerprint density at radius 1 is 1.38 bits per heavy atom. The van der Waals surface area contributed by atoms with E-state index < -0.39 is 0 Å². The minimum atomic E-state index is 0.0867. The van der Waals surface area contributed by atoms with E-state index in [0.717, 1.165) is 16.9 Å². The molecule has 1 heterocycles. The van der Waals surface area contributed by atoms with Gasteiger partial charge in [-0.05, 0) is 29.2 Å². The van der Waals surface area contributed by atoms with Gasteiger partial charge in [0.25, 0.3) is 5.91 Å². The number of amides is 1. The SMILES string of the molecule is COc1cc2c(cc1C(C)C)CN(C)C2=O. The third-order valence-electron chi connectivity index (χ3n) is 3.06. The van der Waals surface area contributed by atoms with E-state index in [4.69, 9.17) is 4.74 Å². The van der Waals surface area contributed by atoms with Gasteiger partial charge in [-0.1, -0.05) is 13.8 Å². The molecule has 0 aliphatic carbocycles. The lowest BCUT2D eigenvalue weighted by Crippen LogP contribution is -2.17. The summed E-state index contributed by atoms with van der Waals surface area (Å²) in [6.07, 6.45) is 0. The van der Waals surface area contributed by atoms with Crippen molar-refractivity contribution in [2.75, 3.05) is 14.2 Å². The van der Waals surface area contributed by atoms with E-state index in [1.165, 1.54) is 5.56 Å². The van der Waals surface area contributed by atoms with Crippen molar-refractivity contribution in [3.8, 4) is 5.75 Å². The highest BCUT2D eigenvalue weighted by molar-refractivity contribution is 5.98. The molecule has 0 fully saturated rings. The smallest absolute Gasteiger partial charge is 0.254 e. The number of fused-ring (bicyclic) bond motifs is 1. The number of benzene rings is 1. The largest absolute Gasteiger partial charge is 0.496 e. The van der Waals surface area contributed by atoms with Crippen LogP contribution in [0.15, 0.2) is 12.1 Å². The predicted octanol–water partition coefficient (Wildman–Crippen LogP) is 2.40. The van der Waals surface area contributed by atoms with Gasteiger partial charge in [-0.25, -0.2) is 0 Å². The standard InChI is InChI=1S/C13H17NO2/c1-8(2)10-5-9-7-14(3)13(15)11(9)6-12(10)16-4/h5-6,8H,7H2,1-4H3. The van der Waals surface area contributed by atoms with Crippen LogP contribution in [0, 0.1) is 0 Å². The van der Waals surface area contributed by atoms with Gasteiger partial charge in [0.05, 0.1) is 7.11 Å². The van der Waals surface area contributed by atoms with Gasteiger partial charge in [0.2, 0.25) is 0 Å². The normalized spacial score (nSPS) is 14.6. The fraction of sp³-hybridized carbons (Fsp3) is 0.462. The number of nitrogens with zero attached hydrogens (tertiary/aromatic N) is 1. The van der Waals surface area contributed by atoms with E-state index in [1.807, 2.05) is 13.1 Å². The van der Waals surface area contributed by atoms with Crippen molar-refractivity contribution in [3.05, 3.63) is 28.8 Å². The summed E-state index contributed by atoms with van der Waals surface area (Å²) in [6.45, 7) is 4.97. The highest BCUT2D eigenvalue weighted by Crippen LogP contribution is 2.33. The summed E-state index contributed by atoms with van der Waals surface area (Å²) in [5.74, 6) is 1.31. The number of carbonyl (C=O) groups is 1. The Morgan fingerprint density at radius 3 is 2.62 bits per heavy atom. The summed E-state index contributed by atoms with van der Waals surface area (Å²) in [6, 6.07) is 3.97. The summed E-state index contributed by atoms with van der Waals surface area (Å²) in [7, 11) is 3.47. The first kappa shape index (κ1) is 11.0. The van der Waals surface area contributed by atoms with E-state index in [0.29, 0.717) is 12.5 Å². The van der Waals surface area contributed by atoms with Gasteiger partial charge in [0.15, 0.2) is 0 Å². The molecule has 0 radical (unpaired) electrons. The van der Waals surface area contributed by atoms with Crippen LogP contribution in [0.25, 0.3) is 0 Å². The lowest BCUT2D eigenvalue weighted by atomic mass is 9.97. The van der Waals surface area contributed by atoms with Gasteiger partial charge in [-0.2, -0.15) is 0 Å². The molecular weight excluding hydrogens is 202 g/mol. The molecule has 0 atom stereocenters. The average Bonchev–Trinajstić information content (AvgIpc) is 2.53. The Hall–Kier alpha value is -1.51. The maximum absolute atomic E-state index is 11.8. The molecule has 0 unspecified atom stereocenters. The zero-order valence-corrected chi connectivity index (χ0v) is 10.2. The van der Waals surface area contributed by atoms with E-state index in [1.54, 1.807) is 12.0 Å². The van der Waals surface area contributed by atoms with E-state index in [2.05, 4.69) is 19.9 Å². The zero-order valence-electron chi connectivity index (χ0n) is 10.2. The summed E-state index contributed by atoms with van der Waals surface area (Å²) in [4.78, 5) is 13.5. The molecule has 86 valence electrons. The molecule has 1 aromatic rings. The quantitative estimate of drug-likeness (QED) is 0.764. The van der Waals surface area contributed by atoms with Crippen LogP contribution in [0.5, 0.6) is 5.75 Å². The maximum Gasteiger partial charge on any atom is 0.254 e. The third-order valence-corrected chi connectivity index (χ3v) is 3.06. The van der Waals surface area contributed by atoms with Crippen molar-refractivity contribution in [2.45, 2.75) is 26.3 Å². The van der Waals surface area contributed by atoms with Gasteiger partial charge in [0.1, 0.15) is 5.75 Å².